The number of thiazole rings is 1. The largest absolute Gasteiger partial charge is 0.317 e. The molecule has 17 heavy (non-hydrogen) atoms. The number of aromatic nitrogens is 1. The van der Waals surface area contributed by atoms with Gasteiger partial charge in [0.15, 0.2) is 0 Å². The lowest BCUT2D eigenvalue weighted by atomic mass is 10.0. The first kappa shape index (κ1) is 13.0. The molecule has 0 amide bonds. The van der Waals surface area contributed by atoms with Gasteiger partial charge in [-0.05, 0) is 45.8 Å². The third kappa shape index (κ3) is 3.50. The maximum absolute atomic E-state index is 4.32. The van der Waals surface area contributed by atoms with E-state index >= 15 is 0 Å². The highest BCUT2D eigenvalue weighted by Gasteiger charge is 2.19. The third-order valence-corrected chi connectivity index (χ3v) is 4.70. The Morgan fingerprint density at radius 3 is 2.82 bits per heavy atom. The van der Waals surface area contributed by atoms with E-state index in [2.05, 4.69) is 29.0 Å². The molecule has 1 aliphatic heterocycles. The van der Waals surface area contributed by atoms with Crippen molar-refractivity contribution in [2.45, 2.75) is 39.2 Å². The lowest BCUT2D eigenvalue weighted by Crippen LogP contribution is -2.43. The van der Waals surface area contributed by atoms with Crippen LogP contribution in [0.4, 0.5) is 0 Å². The maximum Gasteiger partial charge on any atom is 0.0797 e. The molecular formula is C13H23N3S. The fraction of sp³-hybridized carbons (Fsp3) is 0.769. The molecule has 96 valence electrons. The first-order chi connectivity index (χ1) is 8.31. The first-order valence-corrected chi connectivity index (χ1v) is 7.53. The van der Waals surface area contributed by atoms with E-state index in [1.54, 1.807) is 11.3 Å². The van der Waals surface area contributed by atoms with Crippen molar-refractivity contribution in [2.75, 3.05) is 26.2 Å². The highest BCUT2D eigenvalue weighted by atomic mass is 32.1. The maximum atomic E-state index is 4.32. The van der Waals surface area contributed by atoms with Crippen LogP contribution in [0.5, 0.6) is 0 Å². The summed E-state index contributed by atoms with van der Waals surface area (Å²) >= 11 is 1.80. The van der Waals surface area contributed by atoms with Crippen LogP contribution in [0.2, 0.25) is 0 Å². The fourth-order valence-electron chi connectivity index (χ4n) is 2.58. The topological polar surface area (TPSA) is 28.2 Å². The molecule has 1 fully saturated rings. The fourth-order valence-corrected chi connectivity index (χ4v) is 3.35. The van der Waals surface area contributed by atoms with Crippen molar-refractivity contribution >= 4 is 11.3 Å². The minimum atomic E-state index is 0.787. The number of likely N-dealkylation sites (N-methyl/N-ethyl adjacent to an activating group) is 1. The number of nitrogens with zero attached hydrogens (tertiary/aromatic N) is 2. The molecule has 2 heterocycles. The number of piperidine rings is 1. The lowest BCUT2D eigenvalue weighted by molar-refractivity contribution is 0.172. The van der Waals surface area contributed by atoms with E-state index in [1.165, 1.54) is 49.6 Å². The SMILES string of the molecule is CCN(CCc1scnc1C)C1CCNCC1. The van der Waals surface area contributed by atoms with Crippen molar-refractivity contribution in [3.63, 3.8) is 0 Å². The van der Waals surface area contributed by atoms with Gasteiger partial charge in [0.2, 0.25) is 0 Å². The number of rotatable bonds is 5. The van der Waals surface area contributed by atoms with Crippen LogP contribution >= 0.6 is 11.3 Å². The standard InChI is InChI=1S/C13H23N3S/c1-3-16(12-4-7-14-8-5-12)9-6-13-11(2)15-10-17-13/h10,12,14H,3-9H2,1-2H3. The van der Waals surface area contributed by atoms with Gasteiger partial charge in [-0.25, -0.2) is 4.98 Å². The molecule has 1 aromatic heterocycles. The zero-order chi connectivity index (χ0) is 12.1. The molecule has 0 aromatic carbocycles. The Labute approximate surface area is 108 Å². The van der Waals surface area contributed by atoms with Crippen molar-refractivity contribution in [2.24, 2.45) is 0 Å². The van der Waals surface area contributed by atoms with E-state index in [4.69, 9.17) is 0 Å². The van der Waals surface area contributed by atoms with E-state index in [1.807, 2.05) is 5.51 Å². The molecule has 1 saturated heterocycles. The number of hydrogen-bond acceptors (Lipinski definition) is 4. The molecule has 0 aliphatic carbocycles. The molecule has 0 atom stereocenters. The molecule has 3 nitrogen and oxygen atoms in total. The predicted octanol–water partition coefficient (Wildman–Crippen LogP) is 2.07. The summed E-state index contributed by atoms with van der Waals surface area (Å²) in [5.41, 5.74) is 3.18. The molecule has 0 spiro atoms. The summed E-state index contributed by atoms with van der Waals surface area (Å²) in [6, 6.07) is 0.787. The summed E-state index contributed by atoms with van der Waals surface area (Å²) in [5.74, 6) is 0. The van der Waals surface area contributed by atoms with E-state index in [-0.39, 0.29) is 0 Å². The minimum Gasteiger partial charge on any atom is -0.317 e. The van der Waals surface area contributed by atoms with Gasteiger partial charge in [0.25, 0.3) is 0 Å². The molecule has 0 radical (unpaired) electrons. The van der Waals surface area contributed by atoms with E-state index < -0.39 is 0 Å². The summed E-state index contributed by atoms with van der Waals surface area (Å²) in [5, 5.41) is 3.44. The zero-order valence-corrected chi connectivity index (χ0v) is 11.7. The van der Waals surface area contributed by atoms with Crippen molar-refractivity contribution < 1.29 is 0 Å². The van der Waals surface area contributed by atoms with Gasteiger partial charge in [-0.3, -0.25) is 0 Å². The van der Waals surface area contributed by atoms with Gasteiger partial charge in [-0.1, -0.05) is 6.92 Å². The van der Waals surface area contributed by atoms with Crippen LogP contribution in [0.3, 0.4) is 0 Å². The normalized spacial score (nSPS) is 17.8. The van der Waals surface area contributed by atoms with Crippen LogP contribution in [0.1, 0.15) is 30.3 Å². The van der Waals surface area contributed by atoms with Gasteiger partial charge in [0, 0.05) is 17.5 Å². The van der Waals surface area contributed by atoms with Crippen LogP contribution in [0, 0.1) is 6.92 Å². The van der Waals surface area contributed by atoms with E-state index in [0.29, 0.717) is 0 Å². The Morgan fingerprint density at radius 1 is 1.47 bits per heavy atom. The van der Waals surface area contributed by atoms with Crippen molar-refractivity contribution in [1.82, 2.24) is 15.2 Å². The Balaban J connectivity index is 1.84. The molecule has 4 heteroatoms. The zero-order valence-electron chi connectivity index (χ0n) is 10.9. The lowest BCUT2D eigenvalue weighted by Gasteiger charge is -2.33. The second-order valence-corrected chi connectivity index (χ2v) is 5.66. The van der Waals surface area contributed by atoms with Crippen molar-refractivity contribution in [3.8, 4) is 0 Å². The summed E-state index contributed by atoms with van der Waals surface area (Å²) in [7, 11) is 0. The van der Waals surface area contributed by atoms with Crippen LogP contribution < -0.4 is 5.32 Å². The monoisotopic (exact) mass is 253 g/mol. The third-order valence-electron chi connectivity index (χ3n) is 3.70. The first-order valence-electron chi connectivity index (χ1n) is 6.65. The van der Waals surface area contributed by atoms with Crippen LogP contribution in [-0.4, -0.2) is 42.1 Å². The van der Waals surface area contributed by atoms with Gasteiger partial charge in [-0.2, -0.15) is 0 Å². The van der Waals surface area contributed by atoms with E-state index in [9.17, 15) is 0 Å². The number of nitrogens with one attached hydrogen (secondary N) is 1. The van der Waals surface area contributed by atoms with Gasteiger partial charge in [0.1, 0.15) is 0 Å². The van der Waals surface area contributed by atoms with Gasteiger partial charge >= 0.3 is 0 Å². The quantitative estimate of drug-likeness (QED) is 0.871. The molecule has 1 aliphatic rings. The number of aryl methyl sites for hydroxylation is 1. The Kier molecular flexibility index (Phi) is 4.95. The molecule has 0 bridgehead atoms. The summed E-state index contributed by atoms with van der Waals surface area (Å²) < 4.78 is 0. The molecule has 1 aromatic rings. The second kappa shape index (κ2) is 6.47. The smallest absolute Gasteiger partial charge is 0.0797 e. The molecular weight excluding hydrogens is 230 g/mol. The van der Waals surface area contributed by atoms with Crippen LogP contribution in [-0.2, 0) is 6.42 Å². The highest BCUT2D eigenvalue weighted by molar-refractivity contribution is 7.09. The van der Waals surface area contributed by atoms with E-state index in [0.717, 1.165) is 12.5 Å². The molecule has 2 rings (SSSR count). The van der Waals surface area contributed by atoms with Gasteiger partial charge < -0.3 is 10.2 Å². The molecule has 1 N–H and O–H groups in total. The van der Waals surface area contributed by atoms with Crippen molar-refractivity contribution in [1.29, 1.82) is 0 Å². The van der Waals surface area contributed by atoms with Crippen molar-refractivity contribution in [3.05, 3.63) is 16.1 Å². The average molecular weight is 253 g/mol. The summed E-state index contributed by atoms with van der Waals surface area (Å²) in [6.45, 7) is 9.11. The summed E-state index contributed by atoms with van der Waals surface area (Å²) in [6.07, 6.45) is 3.76. The van der Waals surface area contributed by atoms with Gasteiger partial charge in [-0.15, -0.1) is 11.3 Å². The van der Waals surface area contributed by atoms with Crippen LogP contribution in [0.15, 0.2) is 5.51 Å². The summed E-state index contributed by atoms with van der Waals surface area (Å²) in [4.78, 5) is 8.42. The Hall–Kier alpha value is -0.450. The number of hydrogen-bond donors (Lipinski definition) is 1. The van der Waals surface area contributed by atoms with Crippen LogP contribution in [0.25, 0.3) is 0 Å². The molecule has 0 saturated carbocycles. The predicted molar refractivity (Wildman–Crippen MR) is 73.7 cm³/mol. The van der Waals surface area contributed by atoms with Gasteiger partial charge in [0.05, 0.1) is 11.2 Å². The molecule has 0 unspecified atom stereocenters. The highest BCUT2D eigenvalue weighted by Crippen LogP contribution is 2.16. The second-order valence-electron chi connectivity index (χ2n) is 4.72. The Bertz CT molecular complexity index is 331. The Morgan fingerprint density at radius 2 is 2.24 bits per heavy atom. The minimum absolute atomic E-state index is 0.787. The average Bonchev–Trinajstić information content (AvgIpc) is 2.77.